The zero-order valence-corrected chi connectivity index (χ0v) is 11.5. The smallest absolute Gasteiger partial charge is 0.244 e. The van der Waals surface area contributed by atoms with Gasteiger partial charge in [0.15, 0.2) is 0 Å². The highest BCUT2D eigenvalue weighted by Crippen LogP contribution is 2.25. The molecule has 6 nitrogen and oxygen atoms in total. The Labute approximate surface area is 121 Å². The fourth-order valence-corrected chi connectivity index (χ4v) is 3.33. The van der Waals surface area contributed by atoms with Crippen LogP contribution in [0, 0.1) is 5.92 Å². The normalized spacial score (nSPS) is 24.4. The number of amides is 2. The average molecular weight is 284 g/mol. The zero-order valence-electron chi connectivity index (χ0n) is 11.5. The monoisotopic (exact) mass is 284 g/mol. The first kappa shape index (κ1) is 12.4. The lowest BCUT2D eigenvalue weighted by atomic mass is 10.1. The number of carbonyl (C=O) groups excluding carboxylic acids is 2. The summed E-state index contributed by atoms with van der Waals surface area (Å²) in [6.07, 6.45) is 2.32. The molecule has 2 amide bonds. The van der Waals surface area contributed by atoms with E-state index in [1.807, 2.05) is 29.2 Å². The van der Waals surface area contributed by atoms with Crippen molar-refractivity contribution in [1.29, 1.82) is 0 Å². The molecule has 4 rings (SSSR count). The standard InChI is InChI=1S/C15H16N4O2/c20-14-5-11-7-18(8-12(11)17-14)15(21)9-19-13-4-2-1-3-10(13)6-16-19/h1-4,6,11-12H,5,7-9H2,(H,17,20)/t11-,12+/m0/s1. The Kier molecular flexibility index (Phi) is 2.70. The van der Waals surface area contributed by atoms with Crippen molar-refractivity contribution in [1.82, 2.24) is 20.0 Å². The van der Waals surface area contributed by atoms with Gasteiger partial charge in [-0.2, -0.15) is 5.10 Å². The molecule has 0 spiro atoms. The summed E-state index contributed by atoms with van der Waals surface area (Å²) in [7, 11) is 0. The van der Waals surface area contributed by atoms with Gasteiger partial charge >= 0.3 is 0 Å². The second kappa shape index (κ2) is 4.58. The molecular weight excluding hydrogens is 268 g/mol. The highest BCUT2D eigenvalue weighted by atomic mass is 16.2. The fraction of sp³-hybridized carbons (Fsp3) is 0.400. The van der Waals surface area contributed by atoms with Gasteiger partial charge in [0, 0.05) is 30.8 Å². The van der Waals surface area contributed by atoms with E-state index in [1.54, 1.807) is 10.9 Å². The van der Waals surface area contributed by atoms with Crippen LogP contribution in [-0.4, -0.2) is 45.6 Å². The SMILES string of the molecule is O=C1C[C@H]2CN(C(=O)Cn3ncc4ccccc43)C[C@H]2N1. The Bertz CT molecular complexity index is 707. The number of likely N-dealkylation sites (tertiary alicyclic amines) is 1. The zero-order chi connectivity index (χ0) is 14.4. The largest absolute Gasteiger partial charge is 0.351 e. The molecule has 3 heterocycles. The summed E-state index contributed by atoms with van der Waals surface area (Å²) in [5.74, 6) is 0.443. The number of fused-ring (bicyclic) bond motifs is 2. The van der Waals surface area contributed by atoms with Crippen molar-refractivity contribution in [3.63, 3.8) is 0 Å². The Hall–Kier alpha value is -2.37. The maximum atomic E-state index is 12.4. The fourth-order valence-electron chi connectivity index (χ4n) is 3.33. The van der Waals surface area contributed by atoms with Gasteiger partial charge in [-0.3, -0.25) is 14.3 Å². The van der Waals surface area contributed by atoms with Crippen LogP contribution in [0.4, 0.5) is 0 Å². The number of nitrogens with one attached hydrogen (secondary N) is 1. The number of rotatable bonds is 2. The number of hydrogen-bond acceptors (Lipinski definition) is 3. The summed E-state index contributed by atoms with van der Waals surface area (Å²) in [6, 6.07) is 7.99. The number of carbonyl (C=O) groups is 2. The molecule has 2 aromatic rings. The molecule has 2 aliphatic rings. The van der Waals surface area contributed by atoms with Crippen LogP contribution in [0.25, 0.3) is 10.9 Å². The molecule has 2 fully saturated rings. The van der Waals surface area contributed by atoms with Gasteiger partial charge in [-0.25, -0.2) is 0 Å². The Morgan fingerprint density at radius 3 is 3.05 bits per heavy atom. The minimum absolute atomic E-state index is 0.0625. The van der Waals surface area contributed by atoms with Crippen molar-refractivity contribution in [2.45, 2.75) is 19.0 Å². The van der Waals surface area contributed by atoms with Crippen molar-refractivity contribution in [2.24, 2.45) is 5.92 Å². The third kappa shape index (κ3) is 2.07. The topological polar surface area (TPSA) is 67.2 Å². The van der Waals surface area contributed by atoms with E-state index in [9.17, 15) is 9.59 Å². The molecule has 2 saturated heterocycles. The number of hydrogen-bond donors (Lipinski definition) is 1. The molecule has 2 atom stereocenters. The van der Waals surface area contributed by atoms with E-state index in [2.05, 4.69) is 10.4 Å². The van der Waals surface area contributed by atoms with Gasteiger partial charge in [-0.1, -0.05) is 18.2 Å². The molecule has 0 bridgehead atoms. The molecule has 21 heavy (non-hydrogen) atoms. The van der Waals surface area contributed by atoms with Crippen LogP contribution in [0.2, 0.25) is 0 Å². The summed E-state index contributed by atoms with van der Waals surface area (Å²) in [5.41, 5.74) is 0.971. The van der Waals surface area contributed by atoms with Crippen molar-refractivity contribution in [3.8, 4) is 0 Å². The predicted octanol–water partition coefficient (Wildman–Crippen LogP) is 0.383. The van der Waals surface area contributed by atoms with E-state index in [0.29, 0.717) is 19.5 Å². The molecule has 1 N–H and O–H groups in total. The lowest BCUT2D eigenvalue weighted by molar-refractivity contribution is -0.131. The van der Waals surface area contributed by atoms with E-state index in [1.165, 1.54) is 0 Å². The molecule has 2 aliphatic heterocycles. The first-order valence-electron chi connectivity index (χ1n) is 7.18. The molecule has 0 radical (unpaired) electrons. The number of nitrogens with zero attached hydrogens (tertiary/aromatic N) is 3. The van der Waals surface area contributed by atoms with Crippen LogP contribution in [0.5, 0.6) is 0 Å². The number of benzene rings is 1. The van der Waals surface area contributed by atoms with Crippen LogP contribution < -0.4 is 5.32 Å². The molecule has 0 unspecified atom stereocenters. The van der Waals surface area contributed by atoms with Crippen LogP contribution in [0.3, 0.4) is 0 Å². The first-order valence-corrected chi connectivity index (χ1v) is 7.18. The number of para-hydroxylation sites is 1. The van der Waals surface area contributed by atoms with Gasteiger partial charge in [0.25, 0.3) is 0 Å². The third-order valence-electron chi connectivity index (χ3n) is 4.42. The molecule has 108 valence electrons. The van der Waals surface area contributed by atoms with Crippen LogP contribution in [0.1, 0.15) is 6.42 Å². The summed E-state index contributed by atoms with van der Waals surface area (Å²) in [5, 5.41) is 8.26. The molecular formula is C15H16N4O2. The Balaban J connectivity index is 1.48. The van der Waals surface area contributed by atoms with Gasteiger partial charge in [-0.05, 0) is 6.07 Å². The van der Waals surface area contributed by atoms with Crippen molar-refractivity contribution in [2.75, 3.05) is 13.1 Å². The molecule has 1 aromatic carbocycles. The lowest BCUT2D eigenvalue weighted by Crippen LogP contribution is -2.37. The molecule has 1 aromatic heterocycles. The van der Waals surface area contributed by atoms with Crippen LogP contribution in [-0.2, 0) is 16.1 Å². The quantitative estimate of drug-likeness (QED) is 0.867. The van der Waals surface area contributed by atoms with Gasteiger partial charge in [0.2, 0.25) is 11.8 Å². The highest BCUT2D eigenvalue weighted by Gasteiger charge is 2.41. The van der Waals surface area contributed by atoms with Crippen molar-refractivity contribution in [3.05, 3.63) is 30.5 Å². The van der Waals surface area contributed by atoms with E-state index in [4.69, 9.17) is 0 Å². The molecule has 0 aliphatic carbocycles. The Morgan fingerprint density at radius 1 is 1.33 bits per heavy atom. The lowest BCUT2D eigenvalue weighted by Gasteiger charge is -2.17. The van der Waals surface area contributed by atoms with E-state index in [-0.39, 0.29) is 30.3 Å². The minimum Gasteiger partial charge on any atom is -0.351 e. The second-order valence-electron chi connectivity index (χ2n) is 5.80. The summed E-state index contributed by atoms with van der Waals surface area (Å²) >= 11 is 0. The van der Waals surface area contributed by atoms with E-state index < -0.39 is 0 Å². The second-order valence-corrected chi connectivity index (χ2v) is 5.80. The van der Waals surface area contributed by atoms with E-state index in [0.717, 1.165) is 10.9 Å². The van der Waals surface area contributed by atoms with Crippen molar-refractivity contribution < 1.29 is 9.59 Å². The van der Waals surface area contributed by atoms with E-state index >= 15 is 0 Å². The Morgan fingerprint density at radius 2 is 2.19 bits per heavy atom. The summed E-state index contributed by atoms with van der Waals surface area (Å²) in [6.45, 7) is 1.54. The summed E-state index contributed by atoms with van der Waals surface area (Å²) in [4.78, 5) is 25.6. The van der Waals surface area contributed by atoms with Crippen LogP contribution >= 0.6 is 0 Å². The minimum atomic E-state index is 0.0625. The maximum Gasteiger partial charge on any atom is 0.244 e. The third-order valence-corrected chi connectivity index (χ3v) is 4.42. The first-order chi connectivity index (χ1) is 10.2. The van der Waals surface area contributed by atoms with Gasteiger partial charge < -0.3 is 10.2 Å². The van der Waals surface area contributed by atoms with Crippen molar-refractivity contribution >= 4 is 22.7 Å². The molecule has 0 saturated carbocycles. The number of aromatic nitrogens is 2. The molecule has 6 heteroatoms. The summed E-state index contributed by atoms with van der Waals surface area (Å²) < 4.78 is 1.74. The maximum absolute atomic E-state index is 12.4. The highest BCUT2D eigenvalue weighted by molar-refractivity contribution is 5.83. The van der Waals surface area contributed by atoms with Gasteiger partial charge in [-0.15, -0.1) is 0 Å². The average Bonchev–Trinajstić information content (AvgIpc) is 3.12. The van der Waals surface area contributed by atoms with Crippen LogP contribution in [0.15, 0.2) is 30.5 Å². The predicted molar refractivity (Wildman–Crippen MR) is 76.4 cm³/mol. The van der Waals surface area contributed by atoms with Gasteiger partial charge in [0.1, 0.15) is 6.54 Å². The van der Waals surface area contributed by atoms with Gasteiger partial charge in [0.05, 0.1) is 17.8 Å².